The van der Waals surface area contributed by atoms with E-state index in [1.165, 1.54) is 24.5 Å². The Morgan fingerprint density at radius 1 is 1.27 bits per heavy atom. The zero-order chi connectivity index (χ0) is 15.5. The summed E-state index contributed by atoms with van der Waals surface area (Å²) in [6.45, 7) is 0.429. The van der Waals surface area contributed by atoms with Gasteiger partial charge < -0.3 is 15.2 Å². The largest absolute Gasteiger partial charge is 0.503 e. The fourth-order valence-electron chi connectivity index (χ4n) is 2.01. The van der Waals surface area contributed by atoms with Gasteiger partial charge in [0.15, 0.2) is 5.76 Å². The second kappa shape index (κ2) is 5.80. The third-order valence-corrected chi connectivity index (χ3v) is 3.18. The number of carbonyl (C=O) groups excluding carboxylic acids is 1. The first kappa shape index (κ1) is 14.0. The monoisotopic (exact) mass is 301 g/mol. The maximum absolute atomic E-state index is 12.8. The van der Waals surface area contributed by atoms with E-state index < -0.39 is 5.91 Å². The molecular weight excluding hydrogens is 289 g/mol. The van der Waals surface area contributed by atoms with Gasteiger partial charge in [-0.05, 0) is 17.7 Å². The van der Waals surface area contributed by atoms with Crippen molar-refractivity contribution in [3.05, 3.63) is 59.5 Å². The molecule has 7 heteroatoms. The first-order valence-electron chi connectivity index (χ1n) is 6.53. The second-order valence-electron chi connectivity index (χ2n) is 4.67. The molecule has 3 rings (SSSR count). The van der Waals surface area contributed by atoms with Gasteiger partial charge in [-0.3, -0.25) is 4.79 Å². The molecule has 2 N–H and O–H groups in total. The van der Waals surface area contributed by atoms with Crippen LogP contribution in [0.5, 0.6) is 5.88 Å². The molecule has 1 aromatic heterocycles. The molecular formula is C15H12FN3O3. The first-order chi connectivity index (χ1) is 10.6. The third kappa shape index (κ3) is 2.88. The predicted octanol–water partition coefficient (Wildman–Crippen LogP) is 1.59. The summed E-state index contributed by atoms with van der Waals surface area (Å²) in [5, 5.41) is 12.2. The van der Waals surface area contributed by atoms with Crippen molar-refractivity contribution in [1.29, 1.82) is 0 Å². The van der Waals surface area contributed by atoms with Gasteiger partial charge in [0.1, 0.15) is 18.8 Å². The molecule has 6 nitrogen and oxygen atoms in total. The number of nitrogens with one attached hydrogen (secondary N) is 1. The van der Waals surface area contributed by atoms with E-state index >= 15 is 0 Å². The maximum Gasteiger partial charge on any atom is 0.286 e. The Labute approximate surface area is 125 Å². The first-order valence-corrected chi connectivity index (χ1v) is 6.53. The number of hydrogen-bond donors (Lipinski definition) is 2. The number of aliphatic hydroxyl groups is 1. The lowest BCUT2D eigenvalue weighted by molar-refractivity contribution is -0.118. The Bertz CT molecular complexity index is 744. The molecule has 0 fully saturated rings. The normalized spacial score (nSPS) is 14.1. The van der Waals surface area contributed by atoms with E-state index in [0.717, 1.165) is 5.56 Å². The summed E-state index contributed by atoms with van der Waals surface area (Å²) in [7, 11) is 0. The molecule has 2 aromatic rings. The van der Waals surface area contributed by atoms with Gasteiger partial charge in [0.05, 0.1) is 5.69 Å². The van der Waals surface area contributed by atoms with Crippen LogP contribution in [0.3, 0.4) is 0 Å². The minimum atomic E-state index is -0.526. The molecule has 0 radical (unpaired) electrons. The fourth-order valence-corrected chi connectivity index (χ4v) is 2.01. The molecule has 1 aliphatic rings. The van der Waals surface area contributed by atoms with Crippen LogP contribution in [-0.2, 0) is 11.4 Å². The summed E-state index contributed by atoms with van der Waals surface area (Å²) in [5.74, 6) is -0.881. The molecule has 1 aromatic carbocycles. The van der Waals surface area contributed by atoms with E-state index in [2.05, 4.69) is 15.3 Å². The van der Waals surface area contributed by atoms with Crippen molar-refractivity contribution in [3.8, 4) is 5.88 Å². The SMILES string of the molecule is O=C1NCC(c2cc(OCc3ccc(F)cc3)ncn2)=C1O. The van der Waals surface area contributed by atoms with E-state index in [1.807, 2.05) is 0 Å². The smallest absolute Gasteiger partial charge is 0.286 e. The van der Waals surface area contributed by atoms with E-state index in [4.69, 9.17) is 4.74 Å². The van der Waals surface area contributed by atoms with Gasteiger partial charge in [0.2, 0.25) is 5.88 Å². The van der Waals surface area contributed by atoms with Crippen LogP contribution < -0.4 is 10.1 Å². The van der Waals surface area contributed by atoms with E-state index in [0.29, 0.717) is 17.1 Å². The van der Waals surface area contributed by atoms with Crippen LogP contribution in [0.4, 0.5) is 4.39 Å². The van der Waals surface area contributed by atoms with Gasteiger partial charge in [-0.25, -0.2) is 14.4 Å². The van der Waals surface area contributed by atoms with Gasteiger partial charge in [0, 0.05) is 18.2 Å². The lowest BCUT2D eigenvalue weighted by Crippen LogP contribution is -2.17. The Morgan fingerprint density at radius 2 is 2.05 bits per heavy atom. The van der Waals surface area contributed by atoms with E-state index in [1.54, 1.807) is 12.1 Å². The summed E-state index contributed by atoms with van der Waals surface area (Å²) in [6.07, 6.45) is 1.29. The number of rotatable bonds is 4. The maximum atomic E-state index is 12.8. The summed E-state index contributed by atoms with van der Waals surface area (Å²) >= 11 is 0. The Balaban J connectivity index is 1.74. The zero-order valence-electron chi connectivity index (χ0n) is 11.4. The highest BCUT2D eigenvalue weighted by atomic mass is 19.1. The fraction of sp³-hybridized carbons (Fsp3) is 0.133. The Morgan fingerprint density at radius 3 is 2.73 bits per heavy atom. The highest BCUT2D eigenvalue weighted by Gasteiger charge is 2.24. The number of hydrogen-bond acceptors (Lipinski definition) is 5. The van der Waals surface area contributed by atoms with Crippen LogP contribution in [-0.4, -0.2) is 27.5 Å². The highest BCUT2D eigenvalue weighted by Crippen LogP contribution is 2.21. The van der Waals surface area contributed by atoms with Crippen molar-refractivity contribution in [1.82, 2.24) is 15.3 Å². The minimum absolute atomic E-state index is 0.207. The molecule has 0 bridgehead atoms. The Hall–Kier alpha value is -2.96. The van der Waals surface area contributed by atoms with Crippen LogP contribution in [0, 0.1) is 5.82 Å². The zero-order valence-corrected chi connectivity index (χ0v) is 11.4. The molecule has 1 aliphatic heterocycles. The standard InChI is InChI=1S/C15H12FN3O3/c16-10-3-1-9(2-4-10)7-22-13-5-12(18-8-19-13)11-6-17-15(21)14(11)20/h1-5,8,20H,6-7H2,(H,17,21). The second-order valence-corrected chi connectivity index (χ2v) is 4.67. The van der Waals surface area contributed by atoms with E-state index in [9.17, 15) is 14.3 Å². The van der Waals surface area contributed by atoms with Crippen molar-refractivity contribution in [2.75, 3.05) is 6.54 Å². The van der Waals surface area contributed by atoms with Crippen LogP contribution >= 0.6 is 0 Å². The molecule has 2 heterocycles. The van der Waals surface area contributed by atoms with Gasteiger partial charge in [-0.2, -0.15) is 0 Å². The number of halogens is 1. The van der Waals surface area contributed by atoms with Gasteiger partial charge >= 0.3 is 0 Å². The van der Waals surface area contributed by atoms with Crippen LogP contribution in [0.2, 0.25) is 0 Å². The third-order valence-electron chi connectivity index (χ3n) is 3.18. The summed E-state index contributed by atoms with van der Waals surface area (Å²) < 4.78 is 18.3. The van der Waals surface area contributed by atoms with Gasteiger partial charge in [-0.1, -0.05) is 12.1 Å². The molecule has 0 unspecified atom stereocenters. The van der Waals surface area contributed by atoms with Crippen LogP contribution in [0.25, 0.3) is 5.57 Å². The quantitative estimate of drug-likeness (QED) is 0.896. The molecule has 0 saturated heterocycles. The predicted molar refractivity (Wildman–Crippen MR) is 75.3 cm³/mol. The topological polar surface area (TPSA) is 84.3 Å². The van der Waals surface area contributed by atoms with Crippen molar-refractivity contribution in [2.45, 2.75) is 6.61 Å². The highest BCUT2D eigenvalue weighted by molar-refractivity contribution is 6.03. The molecule has 0 aliphatic carbocycles. The number of benzene rings is 1. The average Bonchev–Trinajstić information content (AvgIpc) is 2.87. The van der Waals surface area contributed by atoms with Crippen molar-refractivity contribution >= 4 is 11.5 Å². The van der Waals surface area contributed by atoms with Gasteiger partial charge in [0.25, 0.3) is 5.91 Å². The van der Waals surface area contributed by atoms with E-state index in [-0.39, 0.29) is 24.7 Å². The Kier molecular flexibility index (Phi) is 3.69. The van der Waals surface area contributed by atoms with Crippen molar-refractivity contribution in [3.63, 3.8) is 0 Å². The van der Waals surface area contributed by atoms with Gasteiger partial charge in [-0.15, -0.1) is 0 Å². The number of carbonyl (C=O) groups is 1. The number of amides is 1. The molecule has 0 saturated carbocycles. The summed E-state index contributed by atoms with van der Waals surface area (Å²) in [5.41, 5.74) is 1.61. The van der Waals surface area contributed by atoms with Crippen LogP contribution in [0.15, 0.2) is 42.4 Å². The lowest BCUT2D eigenvalue weighted by Gasteiger charge is -2.07. The summed E-state index contributed by atoms with van der Waals surface area (Å²) in [4.78, 5) is 19.2. The molecule has 22 heavy (non-hydrogen) atoms. The average molecular weight is 301 g/mol. The number of nitrogens with zero attached hydrogens (tertiary/aromatic N) is 2. The lowest BCUT2D eigenvalue weighted by atomic mass is 10.2. The van der Waals surface area contributed by atoms with Crippen LogP contribution in [0.1, 0.15) is 11.3 Å². The van der Waals surface area contributed by atoms with Crippen molar-refractivity contribution in [2.24, 2.45) is 0 Å². The molecule has 112 valence electrons. The minimum Gasteiger partial charge on any atom is -0.503 e. The molecule has 0 spiro atoms. The molecule has 1 amide bonds. The number of ether oxygens (including phenoxy) is 1. The number of aromatic nitrogens is 2. The number of aliphatic hydroxyl groups excluding tert-OH is 1. The summed E-state index contributed by atoms with van der Waals surface area (Å²) in [6, 6.07) is 7.47. The van der Waals surface area contributed by atoms with Crippen molar-refractivity contribution < 1.29 is 19.0 Å². The molecule has 0 atom stereocenters.